The zero-order valence-electron chi connectivity index (χ0n) is 9.74. The number of hydrogen-bond donors (Lipinski definition) is 2. The van der Waals surface area contributed by atoms with Crippen molar-refractivity contribution in [2.24, 2.45) is 0 Å². The lowest BCUT2D eigenvalue weighted by Gasteiger charge is -2.00. The molecule has 0 aromatic carbocycles. The molecule has 0 radical (unpaired) electrons. The van der Waals surface area contributed by atoms with Gasteiger partial charge in [-0.1, -0.05) is 6.07 Å². The molecule has 0 unspecified atom stereocenters. The van der Waals surface area contributed by atoms with E-state index in [-0.39, 0.29) is 5.91 Å². The Balaban J connectivity index is 2.06. The third-order valence-corrected chi connectivity index (χ3v) is 3.20. The first-order valence-corrected chi connectivity index (χ1v) is 6.20. The number of aromatic nitrogens is 1. The largest absolute Gasteiger partial charge is 0.478 e. The van der Waals surface area contributed by atoms with Crippen LogP contribution in [0, 0.1) is 0 Å². The molecule has 1 amide bonds. The van der Waals surface area contributed by atoms with Gasteiger partial charge < -0.3 is 10.4 Å². The van der Waals surface area contributed by atoms with Crippen molar-refractivity contribution in [2.75, 3.05) is 5.32 Å². The van der Waals surface area contributed by atoms with Crippen molar-refractivity contribution in [1.82, 2.24) is 4.98 Å². The number of pyridine rings is 1. The number of carboxylic acids is 1. The molecule has 6 heteroatoms. The predicted octanol–water partition coefficient (Wildman–Crippen LogP) is 2.49. The molecular weight excluding hydrogens is 264 g/mol. The van der Waals surface area contributed by atoms with Crippen LogP contribution in [-0.2, 0) is 4.79 Å². The Hall–Kier alpha value is -2.47. The topological polar surface area (TPSA) is 79.3 Å². The third-order valence-electron chi connectivity index (χ3n) is 2.15. The molecule has 0 saturated carbocycles. The van der Waals surface area contributed by atoms with Crippen LogP contribution >= 0.6 is 11.3 Å². The number of nitrogens with one attached hydrogen (secondary N) is 1. The van der Waals surface area contributed by atoms with Crippen LogP contribution in [0.2, 0.25) is 0 Å². The molecule has 2 rings (SSSR count). The summed E-state index contributed by atoms with van der Waals surface area (Å²) in [4.78, 5) is 27.5. The summed E-state index contributed by atoms with van der Waals surface area (Å²) in [5.41, 5.74) is 0. The Morgan fingerprint density at radius 2 is 2.11 bits per heavy atom. The van der Waals surface area contributed by atoms with Gasteiger partial charge in [0.25, 0.3) is 5.91 Å². The molecule has 2 aromatic heterocycles. The maximum atomic E-state index is 11.9. The van der Waals surface area contributed by atoms with Crippen molar-refractivity contribution < 1.29 is 14.7 Å². The number of carbonyl (C=O) groups is 2. The fourth-order valence-electron chi connectivity index (χ4n) is 1.33. The van der Waals surface area contributed by atoms with Crippen molar-refractivity contribution in [3.05, 3.63) is 52.4 Å². The van der Waals surface area contributed by atoms with Crippen LogP contribution < -0.4 is 5.32 Å². The third kappa shape index (κ3) is 3.75. The molecule has 2 heterocycles. The number of rotatable bonds is 4. The van der Waals surface area contributed by atoms with Gasteiger partial charge >= 0.3 is 5.97 Å². The summed E-state index contributed by atoms with van der Waals surface area (Å²) in [6, 6.07) is 8.56. The molecule has 0 fully saturated rings. The van der Waals surface area contributed by atoms with Crippen molar-refractivity contribution in [3.8, 4) is 0 Å². The number of anilines is 1. The number of nitrogens with zero attached hydrogens (tertiary/aromatic N) is 1. The maximum Gasteiger partial charge on any atom is 0.328 e. The molecule has 5 nitrogen and oxygen atoms in total. The van der Waals surface area contributed by atoms with Gasteiger partial charge in [0.05, 0.1) is 4.88 Å². The lowest BCUT2D eigenvalue weighted by molar-refractivity contribution is -0.131. The second-order valence-electron chi connectivity index (χ2n) is 3.54. The van der Waals surface area contributed by atoms with Gasteiger partial charge in [-0.3, -0.25) is 4.79 Å². The minimum Gasteiger partial charge on any atom is -0.478 e. The van der Waals surface area contributed by atoms with Crippen LogP contribution in [0.5, 0.6) is 0 Å². The number of carboxylic acid groups (broad SMARTS) is 1. The van der Waals surface area contributed by atoms with Crippen molar-refractivity contribution in [2.45, 2.75) is 0 Å². The Bertz CT molecular complexity index is 620. The molecule has 0 bridgehead atoms. The summed E-state index contributed by atoms with van der Waals surface area (Å²) < 4.78 is 0. The highest BCUT2D eigenvalue weighted by Crippen LogP contribution is 2.19. The summed E-state index contributed by atoms with van der Waals surface area (Å²) in [7, 11) is 0. The van der Waals surface area contributed by atoms with Gasteiger partial charge in [0, 0.05) is 17.2 Å². The van der Waals surface area contributed by atoms with Crippen LogP contribution in [0.1, 0.15) is 14.5 Å². The van der Waals surface area contributed by atoms with Crippen molar-refractivity contribution in [3.63, 3.8) is 0 Å². The van der Waals surface area contributed by atoms with Crippen LogP contribution in [0.15, 0.2) is 42.6 Å². The van der Waals surface area contributed by atoms with E-state index in [9.17, 15) is 9.59 Å². The predicted molar refractivity (Wildman–Crippen MR) is 73.2 cm³/mol. The van der Waals surface area contributed by atoms with Gasteiger partial charge in [-0.15, -0.1) is 11.3 Å². The number of hydrogen-bond acceptors (Lipinski definition) is 4. The number of thiophene rings is 1. The maximum absolute atomic E-state index is 11.9. The highest BCUT2D eigenvalue weighted by Gasteiger charge is 2.09. The van der Waals surface area contributed by atoms with E-state index in [0.717, 1.165) is 6.08 Å². The normalized spacial score (nSPS) is 10.5. The number of carbonyl (C=O) groups excluding carboxylic acids is 1. The minimum absolute atomic E-state index is 0.265. The lowest BCUT2D eigenvalue weighted by atomic mass is 10.3. The average molecular weight is 274 g/mol. The molecule has 0 atom stereocenters. The average Bonchev–Trinajstić information content (AvgIpc) is 2.86. The second-order valence-corrected chi connectivity index (χ2v) is 4.66. The highest BCUT2D eigenvalue weighted by atomic mass is 32.1. The molecule has 0 saturated heterocycles. The fraction of sp³-hybridized carbons (Fsp3) is 0. The first-order chi connectivity index (χ1) is 9.15. The summed E-state index contributed by atoms with van der Waals surface area (Å²) in [5.74, 6) is -0.810. The molecule has 0 aliphatic carbocycles. The SMILES string of the molecule is O=C(O)/C=C/c1ccc(C(=O)Nc2ccccn2)s1. The van der Waals surface area contributed by atoms with Gasteiger partial charge in [0.2, 0.25) is 0 Å². The monoisotopic (exact) mass is 274 g/mol. The van der Waals surface area contributed by atoms with E-state index >= 15 is 0 Å². The highest BCUT2D eigenvalue weighted by molar-refractivity contribution is 7.15. The van der Waals surface area contributed by atoms with E-state index < -0.39 is 5.97 Å². The summed E-state index contributed by atoms with van der Waals surface area (Å²) in [6.45, 7) is 0. The smallest absolute Gasteiger partial charge is 0.328 e. The van der Waals surface area contributed by atoms with E-state index in [1.54, 1.807) is 36.5 Å². The van der Waals surface area contributed by atoms with Crippen molar-refractivity contribution >= 4 is 35.1 Å². The van der Waals surface area contributed by atoms with Gasteiger partial charge in [-0.2, -0.15) is 0 Å². The zero-order chi connectivity index (χ0) is 13.7. The van der Waals surface area contributed by atoms with Gasteiger partial charge in [-0.05, 0) is 30.3 Å². The van der Waals surface area contributed by atoms with E-state index in [2.05, 4.69) is 10.3 Å². The molecular formula is C13H10N2O3S. The molecule has 0 aliphatic rings. The van der Waals surface area contributed by atoms with E-state index in [1.165, 1.54) is 17.4 Å². The van der Waals surface area contributed by atoms with Gasteiger partial charge in [-0.25, -0.2) is 9.78 Å². The Morgan fingerprint density at radius 3 is 2.79 bits per heavy atom. The molecule has 96 valence electrons. The van der Waals surface area contributed by atoms with Crippen LogP contribution in [0.3, 0.4) is 0 Å². The second kappa shape index (κ2) is 5.92. The quantitative estimate of drug-likeness (QED) is 0.839. The molecule has 19 heavy (non-hydrogen) atoms. The standard InChI is InChI=1S/C13H10N2O3S/c16-12(17)7-5-9-4-6-10(19-9)13(18)15-11-3-1-2-8-14-11/h1-8H,(H,16,17)(H,14,15,18)/b7-5+. The fourth-order valence-corrected chi connectivity index (χ4v) is 2.14. The molecule has 2 N–H and O–H groups in total. The Labute approximate surface area is 113 Å². The lowest BCUT2D eigenvalue weighted by Crippen LogP contribution is -2.10. The summed E-state index contributed by atoms with van der Waals surface area (Å²) in [6.07, 6.45) is 4.07. The number of aliphatic carboxylic acids is 1. The molecule has 0 aliphatic heterocycles. The Kier molecular flexibility index (Phi) is 4.04. The van der Waals surface area contributed by atoms with Gasteiger partial charge in [0.1, 0.15) is 5.82 Å². The van der Waals surface area contributed by atoms with E-state index in [1.807, 2.05) is 0 Å². The van der Waals surface area contributed by atoms with Crippen LogP contribution in [0.25, 0.3) is 6.08 Å². The summed E-state index contributed by atoms with van der Waals surface area (Å²) in [5, 5.41) is 11.2. The first-order valence-electron chi connectivity index (χ1n) is 5.38. The van der Waals surface area contributed by atoms with E-state index in [0.29, 0.717) is 15.6 Å². The Morgan fingerprint density at radius 1 is 1.26 bits per heavy atom. The van der Waals surface area contributed by atoms with Gasteiger partial charge in [0.15, 0.2) is 0 Å². The zero-order valence-corrected chi connectivity index (χ0v) is 10.6. The molecule has 0 spiro atoms. The minimum atomic E-state index is -1.02. The first kappa shape index (κ1) is 13.0. The van der Waals surface area contributed by atoms with Crippen molar-refractivity contribution in [1.29, 1.82) is 0 Å². The van der Waals surface area contributed by atoms with E-state index in [4.69, 9.17) is 5.11 Å². The molecule has 2 aromatic rings. The number of amides is 1. The van der Waals surface area contributed by atoms with Crippen LogP contribution in [-0.4, -0.2) is 22.0 Å². The van der Waals surface area contributed by atoms with Crippen LogP contribution in [0.4, 0.5) is 5.82 Å². The summed E-state index contributed by atoms with van der Waals surface area (Å²) >= 11 is 1.21.